The zero-order valence-electron chi connectivity index (χ0n) is 14.1. The van der Waals surface area contributed by atoms with Gasteiger partial charge >= 0.3 is 6.09 Å². The first-order valence-corrected chi connectivity index (χ1v) is 8.10. The van der Waals surface area contributed by atoms with Gasteiger partial charge in [-0.15, -0.1) is 0 Å². The molecule has 0 bridgehead atoms. The molecule has 0 saturated carbocycles. The number of carbonyl (C=O) groups excluding carboxylic acids is 3. The highest BCUT2D eigenvalue weighted by atomic mass is 35.5. The van der Waals surface area contributed by atoms with E-state index in [-0.39, 0.29) is 25.6 Å². The first-order chi connectivity index (χ1) is 11.4. The van der Waals surface area contributed by atoms with Crippen LogP contribution in [-0.2, 0) is 14.3 Å². The molecular formula is C16H23ClN3O4+. The van der Waals surface area contributed by atoms with Gasteiger partial charge in [0, 0.05) is 10.7 Å². The number of benzene rings is 1. The summed E-state index contributed by atoms with van der Waals surface area (Å²) in [6, 6.07) is 5.26. The molecule has 1 atom stereocenters. The Kier molecular flexibility index (Phi) is 8.21. The van der Waals surface area contributed by atoms with Crippen molar-refractivity contribution in [3.8, 4) is 0 Å². The van der Waals surface area contributed by atoms with Crippen LogP contribution in [0.25, 0.3) is 0 Å². The van der Waals surface area contributed by atoms with Crippen LogP contribution in [-0.4, -0.2) is 44.1 Å². The lowest BCUT2D eigenvalue weighted by Crippen LogP contribution is -3.14. The monoisotopic (exact) mass is 356 g/mol. The van der Waals surface area contributed by atoms with E-state index < -0.39 is 12.0 Å². The zero-order chi connectivity index (χ0) is 18.1. The normalized spacial score (nSPS) is 11.5. The van der Waals surface area contributed by atoms with Crippen LogP contribution in [0.5, 0.6) is 0 Å². The number of hydrogen-bond acceptors (Lipinski definition) is 4. The van der Waals surface area contributed by atoms with Crippen molar-refractivity contribution in [3.05, 3.63) is 28.8 Å². The molecule has 0 saturated heterocycles. The summed E-state index contributed by atoms with van der Waals surface area (Å²) in [5, 5.41) is 5.47. The molecule has 132 valence electrons. The Bertz CT molecular complexity index is 607. The van der Waals surface area contributed by atoms with Gasteiger partial charge in [0.2, 0.25) is 0 Å². The van der Waals surface area contributed by atoms with Crippen molar-refractivity contribution in [3.63, 3.8) is 0 Å². The van der Waals surface area contributed by atoms with Crippen molar-refractivity contribution < 1.29 is 24.0 Å². The third-order valence-electron chi connectivity index (χ3n) is 3.38. The number of imide groups is 1. The summed E-state index contributed by atoms with van der Waals surface area (Å²) < 4.78 is 4.64. The summed E-state index contributed by atoms with van der Waals surface area (Å²) in [7, 11) is 0. The molecule has 0 aliphatic heterocycles. The molecule has 0 fully saturated rings. The van der Waals surface area contributed by atoms with Gasteiger partial charge in [0.25, 0.3) is 11.8 Å². The molecule has 1 unspecified atom stereocenters. The van der Waals surface area contributed by atoms with Crippen LogP contribution in [0.15, 0.2) is 18.2 Å². The van der Waals surface area contributed by atoms with E-state index in [0.29, 0.717) is 22.2 Å². The molecular weight excluding hydrogens is 334 g/mol. The van der Waals surface area contributed by atoms with Crippen LogP contribution < -0.4 is 15.5 Å². The van der Waals surface area contributed by atoms with Crippen LogP contribution in [0, 0.1) is 6.92 Å². The number of rotatable bonds is 7. The molecule has 1 rings (SSSR count). The number of anilines is 1. The van der Waals surface area contributed by atoms with Crippen molar-refractivity contribution in [2.45, 2.75) is 20.8 Å². The molecule has 8 heteroatoms. The number of quaternary nitrogens is 1. The largest absolute Gasteiger partial charge is 0.450 e. The fourth-order valence-corrected chi connectivity index (χ4v) is 2.20. The fourth-order valence-electron chi connectivity index (χ4n) is 2.03. The quantitative estimate of drug-likeness (QED) is 0.673. The van der Waals surface area contributed by atoms with Crippen LogP contribution in [0.2, 0.25) is 5.02 Å². The van der Waals surface area contributed by atoms with E-state index in [4.69, 9.17) is 11.6 Å². The molecule has 3 N–H and O–H groups in total. The van der Waals surface area contributed by atoms with E-state index >= 15 is 0 Å². The number of amides is 3. The minimum atomic E-state index is -0.781. The average Bonchev–Trinajstić information content (AvgIpc) is 2.51. The minimum absolute atomic E-state index is 0.00272. The van der Waals surface area contributed by atoms with E-state index in [0.717, 1.165) is 5.56 Å². The van der Waals surface area contributed by atoms with Gasteiger partial charge in [0.1, 0.15) is 0 Å². The lowest BCUT2D eigenvalue weighted by Gasteiger charge is -2.17. The molecule has 1 aromatic rings. The second-order valence-electron chi connectivity index (χ2n) is 5.19. The predicted octanol–water partition coefficient (Wildman–Crippen LogP) is 0.764. The molecule has 0 aliphatic carbocycles. The molecule has 1 aromatic carbocycles. The van der Waals surface area contributed by atoms with Crippen molar-refractivity contribution >= 4 is 35.2 Å². The molecule has 7 nitrogen and oxygen atoms in total. The number of halogens is 1. The number of carbonyl (C=O) groups is 3. The highest BCUT2D eigenvalue weighted by molar-refractivity contribution is 6.31. The Morgan fingerprint density at radius 2 is 1.83 bits per heavy atom. The van der Waals surface area contributed by atoms with Gasteiger partial charge in [-0.3, -0.25) is 14.9 Å². The molecule has 24 heavy (non-hydrogen) atoms. The van der Waals surface area contributed by atoms with Gasteiger partial charge in [-0.25, -0.2) is 4.79 Å². The second-order valence-corrected chi connectivity index (χ2v) is 5.59. The number of alkyl carbamates (subject to hydrolysis) is 1. The smallest absolute Gasteiger partial charge is 0.414 e. The molecule has 0 spiro atoms. The molecule has 3 amide bonds. The topological polar surface area (TPSA) is 88.9 Å². The van der Waals surface area contributed by atoms with E-state index in [1.165, 1.54) is 0 Å². The molecule has 0 radical (unpaired) electrons. The summed E-state index contributed by atoms with van der Waals surface area (Å²) in [5.41, 5.74) is 1.42. The van der Waals surface area contributed by atoms with Crippen molar-refractivity contribution in [2.75, 3.05) is 31.6 Å². The van der Waals surface area contributed by atoms with Crippen molar-refractivity contribution in [1.82, 2.24) is 5.32 Å². The third-order valence-corrected chi connectivity index (χ3v) is 3.79. The maximum Gasteiger partial charge on any atom is 0.414 e. The molecule has 0 heterocycles. The van der Waals surface area contributed by atoms with Crippen molar-refractivity contribution in [1.29, 1.82) is 0 Å². The minimum Gasteiger partial charge on any atom is -0.450 e. The van der Waals surface area contributed by atoms with Gasteiger partial charge in [-0.05, 0) is 38.5 Å². The Balaban J connectivity index is 2.55. The highest BCUT2D eigenvalue weighted by Crippen LogP contribution is 2.22. The van der Waals surface area contributed by atoms with Gasteiger partial charge < -0.3 is 15.0 Å². The van der Waals surface area contributed by atoms with E-state index in [1.54, 1.807) is 25.1 Å². The van der Waals surface area contributed by atoms with E-state index in [9.17, 15) is 14.4 Å². The number of hydrogen-bond donors (Lipinski definition) is 3. The maximum atomic E-state index is 12.2. The van der Waals surface area contributed by atoms with Gasteiger partial charge in [0.05, 0.1) is 13.2 Å². The van der Waals surface area contributed by atoms with E-state index in [2.05, 4.69) is 15.4 Å². The summed E-state index contributed by atoms with van der Waals surface area (Å²) in [5.74, 6) is -0.724. The second kappa shape index (κ2) is 9.89. The van der Waals surface area contributed by atoms with Crippen molar-refractivity contribution in [2.24, 2.45) is 0 Å². The standard InChI is InChI=1S/C16H22ClN3O4/c1-4-20(10-15(22)19-16(23)24-5-2)9-14(21)18-13-8-6-7-12(17)11(13)3/h6-8H,4-5,9-10H2,1-3H3,(H,18,21)(H,19,22,23)/p+1. The predicted molar refractivity (Wildman–Crippen MR) is 91.2 cm³/mol. The lowest BCUT2D eigenvalue weighted by atomic mass is 10.2. The summed E-state index contributed by atoms with van der Waals surface area (Å²) in [6.45, 7) is 6.15. The number of ether oxygens (including phenoxy) is 1. The highest BCUT2D eigenvalue weighted by Gasteiger charge is 2.19. The SMILES string of the molecule is CCOC(=O)NC(=O)C[NH+](CC)CC(=O)Nc1cccc(Cl)c1C. The van der Waals surface area contributed by atoms with Crippen LogP contribution >= 0.6 is 11.6 Å². The molecule has 0 aromatic heterocycles. The maximum absolute atomic E-state index is 12.2. The fraction of sp³-hybridized carbons (Fsp3) is 0.438. The first kappa shape index (κ1) is 19.9. The van der Waals surface area contributed by atoms with Crippen LogP contribution in [0.1, 0.15) is 19.4 Å². The van der Waals surface area contributed by atoms with Crippen LogP contribution in [0.4, 0.5) is 10.5 Å². The Morgan fingerprint density at radius 1 is 1.17 bits per heavy atom. The third kappa shape index (κ3) is 6.55. The Morgan fingerprint density at radius 3 is 2.46 bits per heavy atom. The van der Waals surface area contributed by atoms with Gasteiger partial charge in [0.15, 0.2) is 13.1 Å². The van der Waals surface area contributed by atoms with E-state index in [1.807, 2.05) is 13.8 Å². The summed E-state index contributed by atoms with van der Waals surface area (Å²) in [6.07, 6.45) is -0.781. The molecule has 0 aliphatic rings. The van der Waals surface area contributed by atoms with Crippen LogP contribution in [0.3, 0.4) is 0 Å². The van der Waals surface area contributed by atoms with Gasteiger partial charge in [-0.1, -0.05) is 17.7 Å². The number of likely N-dealkylation sites (N-methyl/N-ethyl adjacent to an activating group) is 1. The van der Waals surface area contributed by atoms with Gasteiger partial charge in [-0.2, -0.15) is 0 Å². The Labute approximate surface area is 146 Å². The number of nitrogens with one attached hydrogen (secondary N) is 3. The Hall–Kier alpha value is -2.12. The zero-order valence-corrected chi connectivity index (χ0v) is 14.8. The first-order valence-electron chi connectivity index (χ1n) is 7.72. The summed E-state index contributed by atoms with van der Waals surface area (Å²) in [4.78, 5) is 35.8. The lowest BCUT2D eigenvalue weighted by molar-refractivity contribution is -0.881. The average molecular weight is 357 g/mol. The summed E-state index contributed by atoms with van der Waals surface area (Å²) >= 11 is 6.02.